The molecule has 6 heteroatoms. The van der Waals surface area contributed by atoms with Gasteiger partial charge in [-0.3, -0.25) is 4.79 Å². The Morgan fingerprint density at radius 2 is 1.96 bits per heavy atom. The van der Waals surface area contributed by atoms with Crippen LogP contribution < -0.4 is 20.1 Å². The summed E-state index contributed by atoms with van der Waals surface area (Å²) in [5, 5.41) is 6.10. The maximum Gasteiger partial charge on any atom is 0.274 e. The molecule has 0 saturated heterocycles. The Kier molecular flexibility index (Phi) is 4.84. The average molecular weight is 327 g/mol. The van der Waals surface area contributed by atoms with Crippen molar-refractivity contribution in [3.63, 3.8) is 0 Å². The molecule has 2 heterocycles. The van der Waals surface area contributed by atoms with Crippen molar-refractivity contribution in [2.45, 2.75) is 20.3 Å². The van der Waals surface area contributed by atoms with Crippen LogP contribution >= 0.6 is 0 Å². The van der Waals surface area contributed by atoms with Crippen molar-refractivity contribution in [3.8, 4) is 11.5 Å². The molecule has 1 amide bonds. The van der Waals surface area contributed by atoms with Crippen molar-refractivity contribution >= 4 is 17.3 Å². The predicted molar refractivity (Wildman–Crippen MR) is 92.7 cm³/mol. The van der Waals surface area contributed by atoms with Gasteiger partial charge in [-0.15, -0.1) is 0 Å². The van der Waals surface area contributed by atoms with E-state index in [0.717, 1.165) is 18.7 Å². The zero-order valence-corrected chi connectivity index (χ0v) is 13.8. The lowest BCUT2D eigenvalue weighted by atomic mass is 10.1. The van der Waals surface area contributed by atoms with E-state index in [2.05, 4.69) is 29.5 Å². The fourth-order valence-corrected chi connectivity index (χ4v) is 2.31. The molecule has 1 aromatic heterocycles. The Bertz CT molecular complexity index is 714. The van der Waals surface area contributed by atoms with Gasteiger partial charge in [-0.2, -0.15) is 0 Å². The van der Waals surface area contributed by atoms with Gasteiger partial charge in [0.05, 0.1) is 11.9 Å². The molecule has 0 aliphatic carbocycles. The number of nitrogens with one attached hydrogen (secondary N) is 2. The number of hydrogen-bond donors (Lipinski definition) is 2. The van der Waals surface area contributed by atoms with Crippen LogP contribution in [-0.4, -0.2) is 24.2 Å². The Morgan fingerprint density at radius 3 is 2.71 bits per heavy atom. The first-order valence-corrected chi connectivity index (χ1v) is 8.03. The van der Waals surface area contributed by atoms with E-state index >= 15 is 0 Å². The number of rotatable bonds is 6. The Morgan fingerprint density at radius 1 is 1.17 bits per heavy atom. The summed E-state index contributed by atoms with van der Waals surface area (Å²) in [6.45, 7) is 5.47. The van der Waals surface area contributed by atoms with Gasteiger partial charge in [0, 0.05) is 18.3 Å². The molecule has 3 rings (SSSR count). The molecule has 1 aliphatic rings. The summed E-state index contributed by atoms with van der Waals surface area (Å²) in [7, 11) is 0. The third-order valence-corrected chi connectivity index (χ3v) is 3.68. The third-order valence-electron chi connectivity index (χ3n) is 3.68. The van der Waals surface area contributed by atoms with Gasteiger partial charge in [-0.25, -0.2) is 4.98 Å². The van der Waals surface area contributed by atoms with Crippen LogP contribution in [0.3, 0.4) is 0 Å². The largest absolute Gasteiger partial charge is 0.454 e. The highest BCUT2D eigenvalue weighted by Crippen LogP contribution is 2.34. The maximum absolute atomic E-state index is 12.3. The molecule has 0 spiro atoms. The van der Waals surface area contributed by atoms with E-state index in [0.29, 0.717) is 28.8 Å². The number of carbonyl (C=O) groups is 1. The topological polar surface area (TPSA) is 72.5 Å². The second-order valence-electron chi connectivity index (χ2n) is 6.06. The Balaban J connectivity index is 1.59. The zero-order valence-electron chi connectivity index (χ0n) is 13.8. The van der Waals surface area contributed by atoms with E-state index in [4.69, 9.17) is 9.47 Å². The summed E-state index contributed by atoms with van der Waals surface area (Å²) in [6.07, 6.45) is 2.77. The van der Waals surface area contributed by atoms with Gasteiger partial charge >= 0.3 is 0 Å². The number of fused-ring (bicyclic) bond motifs is 1. The van der Waals surface area contributed by atoms with Gasteiger partial charge < -0.3 is 20.1 Å². The van der Waals surface area contributed by atoms with Crippen LogP contribution in [0.15, 0.2) is 36.5 Å². The van der Waals surface area contributed by atoms with Crippen LogP contribution in [-0.2, 0) is 0 Å². The van der Waals surface area contributed by atoms with Gasteiger partial charge in [0.2, 0.25) is 6.79 Å². The van der Waals surface area contributed by atoms with E-state index in [1.165, 1.54) is 0 Å². The predicted octanol–water partition coefficient (Wildman–Crippen LogP) is 3.52. The van der Waals surface area contributed by atoms with Gasteiger partial charge in [0.15, 0.2) is 11.5 Å². The summed E-state index contributed by atoms with van der Waals surface area (Å²) in [5.41, 5.74) is 1.92. The van der Waals surface area contributed by atoms with E-state index in [1.807, 2.05) is 6.07 Å². The van der Waals surface area contributed by atoms with Crippen LogP contribution in [0.2, 0.25) is 0 Å². The van der Waals surface area contributed by atoms with Crippen LogP contribution in [0, 0.1) is 5.92 Å². The molecule has 1 aliphatic heterocycles. The number of carbonyl (C=O) groups excluding carboxylic acids is 1. The first-order chi connectivity index (χ1) is 11.6. The Labute approximate surface area is 141 Å². The molecule has 126 valence electrons. The summed E-state index contributed by atoms with van der Waals surface area (Å²) in [4.78, 5) is 16.5. The van der Waals surface area contributed by atoms with Gasteiger partial charge in [-0.1, -0.05) is 13.8 Å². The van der Waals surface area contributed by atoms with Crippen molar-refractivity contribution in [2.75, 3.05) is 24.0 Å². The molecule has 2 aromatic rings. The van der Waals surface area contributed by atoms with Crippen LogP contribution in [0.5, 0.6) is 11.5 Å². The van der Waals surface area contributed by atoms with Gasteiger partial charge in [-0.05, 0) is 36.6 Å². The van der Waals surface area contributed by atoms with E-state index in [1.54, 1.807) is 30.5 Å². The number of pyridine rings is 1. The quantitative estimate of drug-likeness (QED) is 0.849. The lowest BCUT2D eigenvalue weighted by molar-refractivity contribution is 0.102. The first-order valence-electron chi connectivity index (χ1n) is 8.03. The van der Waals surface area contributed by atoms with E-state index in [-0.39, 0.29) is 12.7 Å². The molecule has 0 radical (unpaired) electrons. The number of anilines is 2. The fourth-order valence-electron chi connectivity index (χ4n) is 2.31. The maximum atomic E-state index is 12.3. The number of ether oxygens (including phenoxy) is 2. The van der Waals surface area contributed by atoms with Crippen LogP contribution in [0.1, 0.15) is 30.8 Å². The molecular weight excluding hydrogens is 306 g/mol. The molecule has 0 fully saturated rings. The number of benzene rings is 1. The summed E-state index contributed by atoms with van der Waals surface area (Å²) < 4.78 is 10.5. The summed E-state index contributed by atoms with van der Waals surface area (Å²) >= 11 is 0. The molecule has 0 saturated carbocycles. The highest BCUT2D eigenvalue weighted by atomic mass is 16.7. The average Bonchev–Trinajstić information content (AvgIpc) is 3.03. The highest BCUT2D eigenvalue weighted by molar-refractivity contribution is 6.03. The smallest absolute Gasteiger partial charge is 0.274 e. The summed E-state index contributed by atoms with van der Waals surface area (Å²) in [6, 6.07) is 8.85. The minimum Gasteiger partial charge on any atom is -0.454 e. The van der Waals surface area contributed by atoms with Crippen molar-refractivity contribution in [3.05, 3.63) is 42.2 Å². The molecule has 0 atom stereocenters. The van der Waals surface area contributed by atoms with Crippen LogP contribution in [0.4, 0.5) is 11.4 Å². The molecule has 24 heavy (non-hydrogen) atoms. The highest BCUT2D eigenvalue weighted by Gasteiger charge is 2.15. The molecule has 0 unspecified atom stereocenters. The number of aromatic nitrogens is 1. The number of amides is 1. The lowest BCUT2D eigenvalue weighted by Gasteiger charge is -2.09. The Hall–Kier alpha value is -2.76. The molecule has 2 N–H and O–H groups in total. The van der Waals surface area contributed by atoms with Crippen molar-refractivity contribution in [1.29, 1.82) is 0 Å². The minimum atomic E-state index is -0.261. The van der Waals surface area contributed by atoms with Crippen molar-refractivity contribution in [1.82, 2.24) is 4.98 Å². The van der Waals surface area contributed by atoms with E-state index in [9.17, 15) is 4.79 Å². The van der Waals surface area contributed by atoms with Gasteiger partial charge in [0.1, 0.15) is 5.69 Å². The third kappa shape index (κ3) is 3.95. The van der Waals surface area contributed by atoms with Gasteiger partial charge in [0.25, 0.3) is 5.91 Å². The number of hydrogen-bond acceptors (Lipinski definition) is 5. The fraction of sp³-hybridized carbons (Fsp3) is 0.333. The minimum absolute atomic E-state index is 0.208. The molecule has 0 bridgehead atoms. The standard InChI is InChI=1S/C18H21N3O3/c1-12(2)7-8-19-14-3-5-15(20-10-14)18(22)21-13-4-6-16-17(9-13)24-11-23-16/h3-6,9-10,12,19H,7-8,11H2,1-2H3,(H,21,22). The second-order valence-corrected chi connectivity index (χ2v) is 6.06. The number of nitrogens with zero attached hydrogens (tertiary/aromatic N) is 1. The normalized spacial score (nSPS) is 12.3. The second kappa shape index (κ2) is 7.21. The molecule has 6 nitrogen and oxygen atoms in total. The van der Waals surface area contributed by atoms with E-state index < -0.39 is 0 Å². The first kappa shape index (κ1) is 16.1. The SMILES string of the molecule is CC(C)CCNc1ccc(C(=O)Nc2ccc3c(c2)OCO3)nc1. The zero-order chi connectivity index (χ0) is 16.9. The van der Waals surface area contributed by atoms with Crippen LogP contribution in [0.25, 0.3) is 0 Å². The lowest BCUT2D eigenvalue weighted by Crippen LogP contribution is -2.14. The summed E-state index contributed by atoms with van der Waals surface area (Å²) in [5.74, 6) is 1.70. The van der Waals surface area contributed by atoms with Crippen molar-refractivity contribution in [2.24, 2.45) is 5.92 Å². The molecular formula is C18H21N3O3. The van der Waals surface area contributed by atoms with Crippen molar-refractivity contribution < 1.29 is 14.3 Å². The monoisotopic (exact) mass is 327 g/mol. The molecule has 1 aromatic carbocycles.